The minimum absolute atomic E-state index is 0.413. The maximum Gasteiger partial charge on any atom is 0.241 e. The number of hydrogen-bond acceptors (Lipinski definition) is 2. The van der Waals surface area contributed by atoms with Crippen LogP contribution in [-0.2, 0) is 4.74 Å². The second-order valence-electron chi connectivity index (χ2n) is 7.07. The largest absolute Gasteiger partial charge is 0.420 e. The van der Waals surface area contributed by atoms with Crippen molar-refractivity contribution in [2.24, 2.45) is 17.8 Å². The molecule has 1 rings (SSSR count). The standard InChI is InChI=1S/C15H29BNO2/c1-9-10(2)12(4)17(8,13(5)11(9)3)15(6,7)19-14(16)18/h9-13H,1-8H3/q+1. The summed E-state index contributed by atoms with van der Waals surface area (Å²) in [5.74, 6) is 1.13. The average Bonchev–Trinajstić information content (AvgIpc) is 2.29. The second kappa shape index (κ2) is 5.12. The molecular formula is C15H29BNO2+. The molecule has 4 unspecified atom stereocenters. The highest BCUT2D eigenvalue weighted by atomic mass is 16.6. The van der Waals surface area contributed by atoms with Gasteiger partial charge in [0, 0.05) is 25.7 Å². The van der Waals surface area contributed by atoms with Crippen molar-refractivity contribution in [1.29, 1.82) is 0 Å². The fourth-order valence-electron chi connectivity index (χ4n) is 4.03. The van der Waals surface area contributed by atoms with Crippen LogP contribution in [0.3, 0.4) is 0 Å². The summed E-state index contributed by atoms with van der Waals surface area (Å²) in [5, 5.41) is 0. The lowest BCUT2D eigenvalue weighted by Crippen LogP contribution is -2.74. The molecule has 0 aromatic heterocycles. The molecular weight excluding hydrogens is 237 g/mol. The molecule has 0 N–H and O–H groups in total. The van der Waals surface area contributed by atoms with E-state index in [4.69, 9.17) is 12.6 Å². The van der Waals surface area contributed by atoms with E-state index in [0.29, 0.717) is 34.3 Å². The Bertz CT molecular complexity index is 340. The number of carbonyl (C=O) groups excluding carboxylic acids is 1. The Kier molecular flexibility index (Phi) is 4.46. The average molecular weight is 266 g/mol. The number of carbonyl (C=O) groups is 1. The zero-order valence-electron chi connectivity index (χ0n) is 13.7. The Hall–Kier alpha value is -0.505. The molecule has 0 amide bonds. The van der Waals surface area contributed by atoms with Gasteiger partial charge in [-0.25, -0.2) is 0 Å². The second-order valence-corrected chi connectivity index (χ2v) is 7.07. The Morgan fingerprint density at radius 1 is 1.00 bits per heavy atom. The number of piperidine rings is 1. The molecule has 2 radical (unpaired) electrons. The Morgan fingerprint density at radius 2 is 1.37 bits per heavy atom. The highest BCUT2D eigenvalue weighted by Crippen LogP contribution is 2.45. The van der Waals surface area contributed by atoms with Crippen molar-refractivity contribution in [3.8, 4) is 0 Å². The van der Waals surface area contributed by atoms with Gasteiger partial charge in [-0.05, 0) is 19.8 Å². The lowest BCUT2D eigenvalue weighted by Gasteiger charge is -2.61. The van der Waals surface area contributed by atoms with Gasteiger partial charge in [0.1, 0.15) is 0 Å². The summed E-state index contributed by atoms with van der Waals surface area (Å²) >= 11 is 0. The third kappa shape index (κ3) is 2.44. The third-order valence-electron chi connectivity index (χ3n) is 6.38. The maximum atomic E-state index is 11.2. The third-order valence-corrected chi connectivity index (χ3v) is 6.38. The SMILES string of the molecule is [B]C(=O)OC(C)(C)[N+]1(C)C(C)C(C)C(C)C(C)C1C. The van der Waals surface area contributed by atoms with E-state index in [0.717, 1.165) is 0 Å². The molecule has 108 valence electrons. The van der Waals surface area contributed by atoms with E-state index in [1.54, 1.807) is 0 Å². The molecule has 0 aromatic rings. The van der Waals surface area contributed by atoms with Gasteiger partial charge >= 0.3 is 0 Å². The summed E-state index contributed by atoms with van der Waals surface area (Å²) < 4.78 is 6.17. The van der Waals surface area contributed by atoms with Crippen LogP contribution in [0.2, 0.25) is 0 Å². The summed E-state index contributed by atoms with van der Waals surface area (Å²) in [4.78, 5) is 11.2. The molecule has 1 saturated heterocycles. The molecule has 0 bridgehead atoms. The summed E-state index contributed by atoms with van der Waals surface area (Å²) in [5.41, 5.74) is -0.618. The lowest BCUT2D eigenvalue weighted by molar-refractivity contribution is -1.03. The van der Waals surface area contributed by atoms with Crippen LogP contribution in [0.1, 0.15) is 48.5 Å². The molecule has 4 atom stereocenters. The van der Waals surface area contributed by atoms with Gasteiger partial charge < -0.3 is 4.74 Å². The molecule has 19 heavy (non-hydrogen) atoms. The fraction of sp³-hybridized carbons (Fsp3) is 0.933. The molecule has 0 spiro atoms. The molecule has 0 aromatic carbocycles. The molecule has 1 aliphatic rings. The van der Waals surface area contributed by atoms with Gasteiger partial charge in [0.2, 0.25) is 19.4 Å². The van der Waals surface area contributed by atoms with E-state index in [9.17, 15) is 4.79 Å². The van der Waals surface area contributed by atoms with E-state index in [1.807, 2.05) is 13.8 Å². The maximum absolute atomic E-state index is 11.2. The minimum Gasteiger partial charge on any atom is -0.420 e. The van der Waals surface area contributed by atoms with Crippen LogP contribution in [0, 0.1) is 17.8 Å². The number of nitrogens with zero attached hydrogens (tertiary/aromatic N) is 1. The van der Waals surface area contributed by atoms with E-state index in [2.05, 4.69) is 41.7 Å². The number of likely N-dealkylation sites (tertiary alicyclic amines) is 1. The van der Waals surface area contributed by atoms with Gasteiger partial charge in [-0.2, -0.15) is 0 Å². The van der Waals surface area contributed by atoms with Crippen molar-refractivity contribution < 1.29 is 14.0 Å². The molecule has 1 aliphatic heterocycles. The first kappa shape index (κ1) is 16.5. The molecule has 0 saturated carbocycles. The highest BCUT2D eigenvalue weighted by Gasteiger charge is 2.57. The van der Waals surface area contributed by atoms with Crippen molar-refractivity contribution in [3.05, 3.63) is 0 Å². The van der Waals surface area contributed by atoms with Crippen molar-refractivity contribution >= 4 is 13.7 Å². The highest BCUT2D eigenvalue weighted by molar-refractivity contribution is 6.55. The van der Waals surface area contributed by atoms with Gasteiger partial charge in [-0.1, -0.05) is 20.8 Å². The van der Waals surface area contributed by atoms with Crippen LogP contribution in [0.5, 0.6) is 0 Å². The first-order chi connectivity index (χ1) is 8.46. The zero-order chi connectivity index (χ0) is 15.2. The van der Waals surface area contributed by atoms with Gasteiger partial charge in [-0.3, -0.25) is 9.28 Å². The summed E-state index contributed by atoms with van der Waals surface area (Å²) in [6.07, 6.45) is 0. The summed E-state index contributed by atoms with van der Waals surface area (Å²) in [6.45, 7) is 15.4. The van der Waals surface area contributed by atoms with Crippen molar-refractivity contribution in [2.75, 3.05) is 7.05 Å². The van der Waals surface area contributed by atoms with Crippen LogP contribution in [0.25, 0.3) is 0 Å². The Labute approximate surface area is 119 Å². The topological polar surface area (TPSA) is 26.3 Å². The summed E-state index contributed by atoms with van der Waals surface area (Å²) in [6, 6.07) is 0.825. The fourth-order valence-corrected chi connectivity index (χ4v) is 4.03. The quantitative estimate of drug-likeness (QED) is 0.567. The monoisotopic (exact) mass is 266 g/mol. The molecule has 1 heterocycles. The van der Waals surface area contributed by atoms with Gasteiger partial charge in [-0.15, -0.1) is 0 Å². The smallest absolute Gasteiger partial charge is 0.241 e. The molecule has 0 aliphatic carbocycles. The Balaban J connectivity index is 3.22. The van der Waals surface area contributed by atoms with Gasteiger partial charge in [0.25, 0.3) is 0 Å². The number of quaternary nitrogens is 1. The Morgan fingerprint density at radius 3 is 1.68 bits per heavy atom. The van der Waals surface area contributed by atoms with E-state index < -0.39 is 11.6 Å². The number of hydrogen-bond donors (Lipinski definition) is 0. The van der Waals surface area contributed by atoms with Gasteiger partial charge in [0.05, 0.1) is 19.1 Å². The number of rotatable bonds is 2. The first-order valence-corrected chi connectivity index (χ1v) is 7.31. The van der Waals surface area contributed by atoms with E-state index in [-0.39, 0.29) is 0 Å². The van der Waals surface area contributed by atoms with Crippen molar-refractivity contribution in [3.63, 3.8) is 0 Å². The van der Waals surface area contributed by atoms with Crippen molar-refractivity contribution in [2.45, 2.75) is 66.3 Å². The lowest BCUT2D eigenvalue weighted by atomic mass is 9.70. The zero-order valence-corrected chi connectivity index (χ0v) is 13.7. The van der Waals surface area contributed by atoms with Crippen LogP contribution in [0.15, 0.2) is 0 Å². The van der Waals surface area contributed by atoms with Gasteiger partial charge in [0.15, 0.2) is 0 Å². The number of ether oxygens (including phenoxy) is 1. The molecule has 1 fully saturated rings. The van der Waals surface area contributed by atoms with Crippen LogP contribution >= 0.6 is 0 Å². The normalized spacial score (nSPS) is 43.9. The molecule has 4 heteroatoms. The van der Waals surface area contributed by atoms with Crippen molar-refractivity contribution in [1.82, 2.24) is 0 Å². The summed E-state index contributed by atoms with van der Waals surface area (Å²) in [7, 11) is 7.45. The van der Waals surface area contributed by atoms with Crippen LogP contribution < -0.4 is 0 Å². The first-order valence-electron chi connectivity index (χ1n) is 7.31. The van der Waals surface area contributed by atoms with Crippen LogP contribution in [0.4, 0.5) is 4.79 Å². The van der Waals surface area contributed by atoms with E-state index >= 15 is 0 Å². The van der Waals surface area contributed by atoms with E-state index in [1.165, 1.54) is 0 Å². The predicted molar refractivity (Wildman–Crippen MR) is 78.9 cm³/mol. The predicted octanol–water partition coefficient (Wildman–Crippen LogP) is 3.17. The van der Waals surface area contributed by atoms with Crippen LogP contribution in [-0.4, -0.2) is 43.1 Å². The molecule has 3 nitrogen and oxygen atoms in total. The minimum atomic E-state index is -0.692.